The summed E-state index contributed by atoms with van der Waals surface area (Å²) in [6.07, 6.45) is 38.8. The van der Waals surface area contributed by atoms with E-state index in [1.807, 2.05) is 0 Å². The molecule has 0 radical (unpaired) electrons. The van der Waals surface area contributed by atoms with Gasteiger partial charge in [0.25, 0.3) is 5.79 Å². The van der Waals surface area contributed by atoms with Gasteiger partial charge >= 0.3 is 11.9 Å². The number of esters is 2. The van der Waals surface area contributed by atoms with Crippen LogP contribution in [-0.4, -0.2) is 17.7 Å². The molecule has 0 atom stereocenters. The molecule has 1 fully saturated rings. The van der Waals surface area contributed by atoms with Crippen LogP contribution in [0.25, 0.3) is 0 Å². The van der Waals surface area contributed by atoms with Crippen molar-refractivity contribution in [2.24, 2.45) is 0 Å². The molecule has 42 heavy (non-hydrogen) atoms. The Bertz CT molecular complexity index is 564. The molecular weight excluding hydrogens is 520 g/mol. The van der Waals surface area contributed by atoms with Crippen LogP contribution < -0.4 is 0 Å². The molecule has 0 heterocycles. The molecule has 0 bridgehead atoms. The highest BCUT2D eigenvalue weighted by Gasteiger charge is 2.39. The molecule has 0 spiro atoms. The summed E-state index contributed by atoms with van der Waals surface area (Å²) >= 11 is 0. The number of carbonyl (C=O) groups excluding carboxylic acids is 2. The maximum atomic E-state index is 12.7. The number of ether oxygens (including phenoxy) is 2. The van der Waals surface area contributed by atoms with E-state index in [2.05, 4.69) is 13.8 Å². The van der Waals surface area contributed by atoms with Crippen molar-refractivity contribution in [2.75, 3.05) is 0 Å². The summed E-state index contributed by atoms with van der Waals surface area (Å²) in [5.41, 5.74) is 0. The predicted molar refractivity (Wildman–Crippen MR) is 179 cm³/mol. The third kappa shape index (κ3) is 23.4. The molecular formula is C38H72O4. The smallest absolute Gasteiger partial charge is 0.309 e. The average molecular weight is 593 g/mol. The Balaban J connectivity index is 2.07. The monoisotopic (exact) mass is 593 g/mol. The molecule has 1 aliphatic carbocycles. The summed E-state index contributed by atoms with van der Waals surface area (Å²) in [6, 6.07) is 0. The molecule has 4 heteroatoms. The van der Waals surface area contributed by atoms with E-state index in [0.29, 0.717) is 25.7 Å². The lowest BCUT2D eigenvalue weighted by atomic mass is 9.94. The van der Waals surface area contributed by atoms with Gasteiger partial charge in [0.2, 0.25) is 0 Å². The van der Waals surface area contributed by atoms with E-state index in [-0.39, 0.29) is 11.9 Å². The Labute approximate surface area is 262 Å². The summed E-state index contributed by atoms with van der Waals surface area (Å²) in [6.45, 7) is 4.55. The molecule has 0 aromatic carbocycles. The highest BCUT2D eigenvalue weighted by Crippen LogP contribution is 2.34. The maximum Gasteiger partial charge on any atom is 0.309 e. The first-order valence-corrected chi connectivity index (χ1v) is 19.1. The first kappa shape index (κ1) is 39.0. The molecule has 0 N–H and O–H groups in total. The highest BCUT2D eigenvalue weighted by atomic mass is 16.7. The molecule has 0 aliphatic heterocycles. The van der Waals surface area contributed by atoms with Gasteiger partial charge in [0, 0.05) is 25.7 Å². The summed E-state index contributed by atoms with van der Waals surface area (Å²) in [5, 5.41) is 0. The van der Waals surface area contributed by atoms with Crippen molar-refractivity contribution in [2.45, 2.75) is 232 Å². The quantitative estimate of drug-likeness (QED) is 0.0473. The van der Waals surface area contributed by atoms with Crippen LogP contribution in [0.15, 0.2) is 0 Å². The fraction of sp³-hybridized carbons (Fsp3) is 0.947. The Morgan fingerprint density at radius 3 is 0.952 bits per heavy atom. The van der Waals surface area contributed by atoms with E-state index in [4.69, 9.17) is 9.47 Å². The Morgan fingerprint density at radius 2 is 0.667 bits per heavy atom. The number of unbranched alkanes of at least 4 members (excludes halogenated alkanes) is 24. The normalized spacial score (nSPS) is 14.6. The first-order chi connectivity index (χ1) is 20.6. The van der Waals surface area contributed by atoms with Gasteiger partial charge in [-0.2, -0.15) is 0 Å². The van der Waals surface area contributed by atoms with Crippen molar-refractivity contribution < 1.29 is 19.1 Å². The minimum Gasteiger partial charge on any atom is -0.422 e. The van der Waals surface area contributed by atoms with Gasteiger partial charge in [0.15, 0.2) is 0 Å². The second-order valence-electron chi connectivity index (χ2n) is 13.4. The first-order valence-electron chi connectivity index (χ1n) is 19.1. The van der Waals surface area contributed by atoms with Gasteiger partial charge in [-0.15, -0.1) is 0 Å². The van der Waals surface area contributed by atoms with Gasteiger partial charge in [0.1, 0.15) is 0 Å². The van der Waals surface area contributed by atoms with Gasteiger partial charge in [-0.05, 0) is 25.7 Å². The number of hydrogen-bond acceptors (Lipinski definition) is 4. The van der Waals surface area contributed by atoms with Crippen molar-refractivity contribution in [1.29, 1.82) is 0 Å². The Kier molecular flexibility index (Phi) is 26.6. The molecule has 0 unspecified atom stereocenters. The number of carbonyl (C=O) groups is 2. The van der Waals surface area contributed by atoms with Crippen LogP contribution in [0, 0.1) is 0 Å². The average Bonchev–Trinajstić information content (AvgIpc) is 2.98. The number of hydrogen-bond donors (Lipinski definition) is 0. The van der Waals surface area contributed by atoms with Crippen LogP contribution in [0.3, 0.4) is 0 Å². The van der Waals surface area contributed by atoms with Crippen molar-refractivity contribution in [3.63, 3.8) is 0 Å². The van der Waals surface area contributed by atoms with Gasteiger partial charge in [-0.25, -0.2) is 0 Å². The summed E-state index contributed by atoms with van der Waals surface area (Å²) in [7, 11) is 0. The van der Waals surface area contributed by atoms with E-state index >= 15 is 0 Å². The molecule has 1 rings (SSSR count). The minimum atomic E-state index is -1.00. The maximum absolute atomic E-state index is 12.7. The number of rotatable bonds is 30. The lowest BCUT2D eigenvalue weighted by Gasteiger charge is -2.35. The van der Waals surface area contributed by atoms with Crippen LogP contribution in [0.5, 0.6) is 0 Å². The van der Waals surface area contributed by atoms with E-state index < -0.39 is 5.79 Å². The molecule has 4 nitrogen and oxygen atoms in total. The third-order valence-corrected chi connectivity index (χ3v) is 9.18. The largest absolute Gasteiger partial charge is 0.422 e. The molecule has 0 saturated heterocycles. The Hall–Kier alpha value is -1.06. The fourth-order valence-electron chi connectivity index (χ4n) is 6.41. The Morgan fingerprint density at radius 1 is 0.405 bits per heavy atom. The molecule has 1 saturated carbocycles. The van der Waals surface area contributed by atoms with Gasteiger partial charge in [-0.1, -0.05) is 174 Å². The molecule has 0 aromatic heterocycles. The van der Waals surface area contributed by atoms with Crippen LogP contribution in [0.4, 0.5) is 0 Å². The van der Waals surface area contributed by atoms with Crippen molar-refractivity contribution in [1.82, 2.24) is 0 Å². The van der Waals surface area contributed by atoms with Crippen molar-refractivity contribution in [3.05, 3.63) is 0 Å². The molecule has 0 aromatic rings. The standard InChI is InChI=1S/C38H72O4/c1-3-5-7-9-11-13-15-17-19-21-23-25-28-32-36(39)41-38(34-30-27-31-35-38)42-37(40)33-29-26-24-22-20-18-16-14-12-10-8-6-4-2/h3-35H2,1-2H3. The zero-order chi connectivity index (χ0) is 30.4. The molecule has 1 aliphatic rings. The highest BCUT2D eigenvalue weighted by molar-refractivity contribution is 5.72. The van der Waals surface area contributed by atoms with Gasteiger partial charge < -0.3 is 9.47 Å². The molecule has 0 amide bonds. The third-order valence-electron chi connectivity index (χ3n) is 9.18. The zero-order valence-electron chi connectivity index (χ0n) is 28.5. The summed E-state index contributed by atoms with van der Waals surface area (Å²) in [4.78, 5) is 25.3. The molecule has 248 valence electrons. The fourth-order valence-corrected chi connectivity index (χ4v) is 6.41. The van der Waals surface area contributed by atoms with Crippen LogP contribution in [0.2, 0.25) is 0 Å². The van der Waals surface area contributed by atoms with Crippen LogP contribution in [0.1, 0.15) is 226 Å². The van der Waals surface area contributed by atoms with Gasteiger partial charge in [0.05, 0.1) is 0 Å². The van der Waals surface area contributed by atoms with E-state index in [1.54, 1.807) is 0 Å². The predicted octanol–water partition coefficient (Wildman–Crippen LogP) is 12.7. The minimum absolute atomic E-state index is 0.186. The van der Waals surface area contributed by atoms with Crippen LogP contribution in [-0.2, 0) is 19.1 Å². The van der Waals surface area contributed by atoms with E-state index in [0.717, 1.165) is 44.9 Å². The van der Waals surface area contributed by atoms with Gasteiger partial charge in [-0.3, -0.25) is 9.59 Å². The second kappa shape index (κ2) is 28.7. The van der Waals surface area contributed by atoms with Crippen molar-refractivity contribution in [3.8, 4) is 0 Å². The SMILES string of the molecule is CCCCCCCCCCCCCCCC(=O)OC1(OC(=O)CCCCCCCCCCCCCCC)CCCCC1. The summed E-state index contributed by atoms with van der Waals surface area (Å²) < 4.78 is 11.8. The van der Waals surface area contributed by atoms with Crippen LogP contribution >= 0.6 is 0 Å². The van der Waals surface area contributed by atoms with E-state index in [9.17, 15) is 9.59 Å². The zero-order valence-corrected chi connectivity index (χ0v) is 28.5. The lowest BCUT2D eigenvalue weighted by molar-refractivity contribution is -0.239. The topological polar surface area (TPSA) is 52.6 Å². The van der Waals surface area contributed by atoms with E-state index in [1.165, 1.54) is 141 Å². The lowest BCUT2D eigenvalue weighted by Crippen LogP contribution is -2.42. The second-order valence-corrected chi connectivity index (χ2v) is 13.4. The summed E-state index contributed by atoms with van der Waals surface area (Å²) in [5.74, 6) is -1.37. The van der Waals surface area contributed by atoms with Crippen molar-refractivity contribution >= 4 is 11.9 Å².